The smallest absolute Gasteiger partial charge is 0.350 e. The molecule has 0 aliphatic carbocycles. The number of rotatable bonds is 4. The highest BCUT2D eigenvalue weighted by molar-refractivity contribution is 7.99. The Hall–Kier alpha value is -1.76. The van der Waals surface area contributed by atoms with Gasteiger partial charge in [-0.15, -0.1) is 11.8 Å². The molecule has 7 nitrogen and oxygen atoms in total. The van der Waals surface area contributed by atoms with Crippen molar-refractivity contribution in [1.29, 1.82) is 0 Å². The van der Waals surface area contributed by atoms with Gasteiger partial charge in [0.15, 0.2) is 0 Å². The van der Waals surface area contributed by atoms with Crippen molar-refractivity contribution in [2.45, 2.75) is 18.2 Å². The highest BCUT2D eigenvalue weighted by Gasteiger charge is 2.19. The molecule has 0 unspecified atom stereocenters. The van der Waals surface area contributed by atoms with Gasteiger partial charge in [0.05, 0.1) is 17.5 Å². The standard InChI is InChI=1S/C13H16N4O3S2/c1-2-22(19,20)15-7-3-5-10-9-17(11-6-4-8-21-11)13(18)16-12(10)14/h2,9,11,15H,1,4,6-8H2,(H2,14,16,18)/t11-/m0/s1. The van der Waals surface area contributed by atoms with Crippen molar-refractivity contribution < 1.29 is 8.42 Å². The molecule has 1 aromatic heterocycles. The Kier molecular flexibility index (Phi) is 5.28. The summed E-state index contributed by atoms with van der Waals surface area (Å²) >= 11 is 1.69. The molecule has 1 aliphatic rings. The Morgan fingerprint density at radius 2 is 2.41 bits per heavy atom. The van der Waals surface area contributed by atoms with Gasteiger partial charge in [0, 0.05) is 11.6 Å². The van der Waals surface area contributed by atoms with Crippen molar-refractivity contribution in [2.75, 3.05) is 18.0 Å². The second kappa shape index (κ2) is 7.00. The monoisotopic (exact) mass is 340 g/mol. The quantitative estimate of drug-likeness (QED) is 0.762. The lowest BCUT2D eigenvalue weighted by molar-refractivity contribution is 0.595. The van der Waals surface area contributed by atoms with E-state index >= 15 is 0 Å². The summed E-state index contributed by atoms with van der Waals surface area (Å²) in [6.07, 6.45) is 3.54. The molecule has 0 amide bonds. The van der Waals surface area contributed by atoms with Gasteiger partial charge in [-0.3, -0.25) is 4.57 Å². The third-order valence-electron chi connectivity index (χ3n) is 3.00. The molecule has 3 N–H and O–H groups in total. The average Bonchev–Trinajstić information content (AvgIpc) is 2.99. The van der Waals surface area contributed by atoms with Gasteiger partial charge in [-0.05, 0) is 18.6 Å². The highest BCUT2D eigenvalue weighted by Crippen LogP contribution is 2.34. The van der Waals surface area contributed by atoms with Gasteiger partial charge in [-0.2, -0.15) is 9.71 Å². The van der Waals surface area contributed by atoms with Crippen LogP contribution in [0.1, 0.15) is 23.8 Å². The summed E-state index contributed by atoms with van der Waals surface area (Å²) in [5.41, 5.74) is 5.71. The summed E-state index contributed by atoms with van der Waals surface area (Å²) in [5.74, 6) is 6.42. The number of thioether (sulfide) groups is 1. The molecule has 0 spiro atoms. The van der Waals surface area contributed by atoms with E-state index in [2.05, 4.69) is 28.1 Å². The minimum absolute atomic E-state index is 0.0447. The van der Waals surface area contributed by atoms with Crippen LogP contribution in [0.25, 0.3) is 0 Å². The van der Waals surface area contributed by atoms with Gasteiger partial charge >= 0.3 is 5.69 Å². The molecule has 0 bridgehead atoms. The molecule has 9 heteroatoms. The Morgan fingerprint density at radius 1 is 1.64 bits per heavy atom. The second-order valence-electron chi connectivity index (χ2n) is 4.53. The van der Waals surface area contributed by atoms with Crippen LogP contribution in [0.3, 0.4) is 0 Å². The number of nitrogens with zero attached hydrogens (tertiary/aromatic N) is 2. The third kappa shape index (κ3) is 4.13. The zero-order valence-electron chi connectivity index (χ0n) is 11.8. The van der Waals surface area contributed by atoms with Crippen LogP contribution in [0.5, 0.6) is 0 Å². The highest BCUT2D eigenvalue weighted by atomic mass is 32.2. The molecule has 1 aliphatic heterocycles. The van der Waals surface area contributed by atoms with Gasteiger partial charge in [-0.1, -0.05) is 18.4 Å². The van der Waals surface area contributed by atoms with Gasteiger partial charge in [0.2, 0.25) is 10.0 Å². The zero-order chi connectivity index (χ0) is 16.2. The first-order chi connectivity index (χ1) is 10.4. The number of nitrogens with one attached hydrogen (secondary N) is 1. The lowest BCUT2D eigenvalue weighted by Gasteiger charge is -2.12. The van der Waals surface area contributed by atoms with Crippen molar-refractivity contribution in [3.63, 3.8) is 0 Å². The number of hydrogen-bond donors (Lipinski definition) is 2. The van der Waals surface area contributed by atoms with Gasteiger partial charge in [-0.25, -0.2) is 13.2 Å². The van der Waals surface area contributed by atoms with E-state index in [1.807, 2.05) is 0 Å². The van der Waals surface area contributed by atoms with Gasteiger partial charge < -0.3 is 5.73 Å². The van der Waals surface area contributed by atoms with E-state index in [9.17, 15) is 13.2 Å². The van der Waals surface area contributed by atoms with Crippen LogP contribution in [-0.2, 0) is 10.0 Å². The predicted octanol–water partition coefficient (Wildman–Crippen LogP) is 0.266. The molecule has 0 saturated carbocycles. The van der Waals surface area contributed by atoms with Crippen LogP contribution in [-0.4, -0.2) is 30.3 Å². The largest absolute Gasteiger partial charge is 0.382 e. The van der Waals surface area contributed by atoms with E-state index in [-0.39, 0.29) is 17.7 Å². The first-order valence-corrected chi connectivity index (χ1v) is 9.13. The third-order valence-corrected chi connectivity index (χ3v) is 5.36. The van der Waals surface area contributed by atoms with E-state index in [1.165, 1.54) is 4.57 Å². The molecule has 1 atom stereocenters. The zero-order valence-corrected chi connectivity index (χ0v) is 13.4. The van der Waals surface area contributed by atoms with Crippen molar-refractivity contribution >= 4 is 27.6 Å². The first kappa shape index (κ1) is 16.6. The van der Waals surface area contributed by atoms with Crippen LogP contribution >= 0.6 is 11.8 Å². The van der Waals surface area contributed by atoms with Crippen molar-refractivity contribution in [3.8, 4) is 11.8 Å². The summed E-state index contributed by atoms with van der Waals surface area (Å²) in [7, 11) is -3.51. The first-order valence-electron chi connectivity index (χ1n) is 6.54. The summed E-state index contributed by atoms with van der Waals surface area (Å²) in [4.78, 5) is 15.7. The Labute approximate surface area is 133 Å². The number of anilines is 1. The van der Waals surface area contributed by atoms with Gasteiger partial charge in [0.1, 0.15) is 5.82 Å². The Bertz CT molecular complexity index is 784. The van der Waals surface area contributed by atoms with E-state index in [4.69, 9.17) is 5.73 Å². The lowest BCUT2D eigenvalue weighted by Crippen LogP contribution is -2.26. The number of nitrogens with two attached hydrogens (primary N) is 1. The average molecular weight is 340 g/mol. The predicted molar refractivity (Wildman–Crippen MR) is 87.6 cm³/mol. The molecular formula is C13H16N4O3S2. The molecule has 0 aromatic carbocycles. The minimum Gasteiger partial charge on any atom is -0.382 e. The molecule has 2 rings (SSSR count). The normalized spacial score (nSPS) is 17.7. The summed E-state index contributed by atoms with van der Waals surface area (Å²) in [6, 6.07) is 0. The molecule has 0 radical (unpaired) electrons. The van der Waals surface area contributed by atoms with Gasteiger partial charge in [0.25, 0.3) is 0 Å². The van der Waals surface area contributed by atoms with Crippen LogP contribution in [0.2, 0.25) is 0 Å². The van der Waals surface area contributed by atoms with E-state index < -0.39 is 15.7 Å². The van der Waals surface area contributed by atoms with Crippen molar-refractivity contribution in [1.82, 2.24) is 14.3 Å². The maximum Gasteiger partial charge on any atom is 0.350 e. The van der Waals surface area contributed by atoms with Crippen molar-refractivity contribution in [3.05, 3.63) is 34.2 Å². The van der Waals surface area contributed by atoms with Crippen LogP contribution < -0.4 is 16.1 Å². The minimum atomic E-state index is -3.51. The van der Waals surface area contributed by atoms with Crippen LogP contribution in [0.15, 0.2) is 23.0 Å². The fourth-order valence-electron chi connectivity index (χ4n) is 1.90. The maximum absolute atomic E-state index is 11.9. The molecular weight excluding hydrogens is 324 g/mol. The summed E-state index contributed by atoms with van der Waals surface area (Å²) in [6.45, 7) is 3.10. The fourth-order valence-corrected chi connectivity index (χ4v) is 3.54. The maximum atomic E-state index is 11.9. The second-order valence-corrected chi connectivity index (χ2v) is 7.53. The molecule has 22 heavy (non-hydrogen) atoms. The molecule has 1 aromatic rings. The summed E-state index contributed by atoms with van der Waals surface area (Å²) in [5, 5.41) is 0.864. The molecule has 118 valence electrons. The molecule has 2 heterocycles. The fraction of sp³-hybridized carbons (Fsp3) is 0.385. The van der Waals surface area contributed by atoms with E-state index in [1.54, 1.807) is 18.0 Å². The Morgan fingerprint density at radius 3 is 3.05 bits per heavy atom. The van der Waals surface area contributed by atoms with E-state index in [0.29, 0.717) is 5.56 Å². The lowest BCUT2D eigenvalue weighted by atomic mass is 10.3. The molecule has 1 fully saturated rings. The van der Waals surface area contributed by atoms with Crippen LogP contribution in [0, 0.1) is 11.8 Å². The topological polar surface area (TPSA) is 107 Å². The SMILES string of the molecule is C=CS(=O)(=O)NCC#Cc1cn([C@@H]2CCCS2)c(=O)nc1N. The number of sulfonamides is 1. The van der Waals surface area contributed by atoms with E-state index in [0.717, 1.165) is 24.0 Å². The number of nitrogen functional groups attached to an aromatic ring is 1. The molecule has 1 saturated heterocycles. The number of aromatic nitrogens is 2. The number of hydrogen-bond acceptors (Lipinski definition) is 6. The van der Waals surface area contributed by atoms with Crippen molar-refractivity contribution in [2.24, 2.45) is 0 Å². The Balaban J connectivity index is 2.19. The summed E-state index contributed by atoms with van der Waals surface area (Å²) < 4.78 is 26.1. The van der Waals surface area contributed by atoms with Crippen LogP contribution in [0.4, 0.5) is 5.82 Å².